The molecule has 0 bridgehead atoms. The second-order valence-corrected chi connectivity index (χ2v) is 10.5. The number of rotatable bonds is 5. The van der Waals surface area contributed by atoms with Crippen molar-refractivity contribution in [2.75, 3.05) is 24.5 Å². The van der Waals surface area contributed by atoms with Gasteiger partial charge in [0.2, 0.25) is 0 Å². The minimum atomic E-state index is 0.768. The van der Waals surface area contributed by atoms with E-state index in [0.717, 1.165) is 49.9 Å². The third-order valence-corrected chi connectivity index (χ3v) is 8.35. The van der Waals surface area contributed by atoms with Gasteiger partial charge in [-0.25, -0.2) is 9.97 Å². The van der Waals surface area contributed by atoms with Crippen LogP contribution in [0.25, 0.3) is 10.2 Å². The van der Waals surface area contributed by atoms with Gasteiger partial charge in [0.05, 0.1) is 5.39 Å². The van der Waals surface area contributed by atoms with Crippen molar-refractivity contribution in [3.05, 3.63) is 88.6 Å². The molecule has 4 nitrogen and oxygen atoms in total. The van der Waals surface area contributed by atoms with Crippen molar-refractivity contribution in [1.82, 2.24) is 14.9 Å². The van der Waals surface area contributed by atoms with Crippen LogP contribution in [0.15, 0.2) is 67.0 Å². The van der Waals surface area contributed by atoms with Crippen LogP contribution in [-0.2, 0) is 25.9 Å². The van der Waals surface area contributed by atoms with Gasteiger partial charge in [0.15, 0.2) is 0 Å². The van der Waals surface area contributed by atoms with Crippen LogP contribution in [0.3, 0.4) is 0 Å². The van der Waals surface area contributed by atoms with Crippen LogP contribution in [0.4, 0.5) is 5.82 Å². The molecule has 2 aliphatic heterocycles. The van der Waals surface area contributed by atoms with Crippen LogP contribution in [-0.4, -0.2) is 34.5 Å². The average Bonchev–Trinajstić information content (AvgIpc) is 3.24. The molecule has 1 saturated heterocycles. The largest absolute Gasteiger partial charge is 0.356 e. The molecular weight excluding hydrogens is 424 g/mol. The smallest absolute Gasteiger partial charge is 0.141 e. The monoisotopic (exact) mass is 454 g/mol. The quantitative estimate of drug-likeness (QED) is 0.387. The van der Waals surface area contributed by atoms with Crippen molar-refractivity contribution in [3.63, 3.8) is 0 Å². The molecule has 0 amide bonds. The number of hydrogen-bond acceptors (Lipinski definition) is 5. The van der Waals surface area contributed by atoms with E-state index < -0.39 is 0 Å². The Bertz CT molecular complexity index is 1210. The Hall–Kier alpha value is -2.76. The molecule has 0 unspecified atom stereocenters. The fraction of sp³-hybridized carbons (Fsp3) is 0.357. The Kier molecular flexibility index (Phi) is 5.83. The molecule has 0 atom stereocenters. The van der Waals surface area contributed by atoms with Crippen LogP contribution in [0.2, 0.25) is 0 Å². The highest BCUT2D eigenvalue weighted by molar-refractivity contribution is 7.19. The predicted molar refractivity (Wildman–Crippen MR) is 137 cm³/mol. The van der Waals surface area contributed by atoms with E-state index >= 15 is 0 Å². The summed E-state index contributed by atoms with van der Waals surface area (Å²) in [6, 6.07) is 21.8. The van der Waals surface area contributed by atoms with E-state index in [4.69, 9.17) is 4.98 Å². The van der Waals surface area contributed by atoms with E-state index in [9.17, 15) is 0 Å². The molecule has 5 heteroatoms. The zero-order valence-corrected chi connectivity index (χ0v) is 19.8. The average molecular weight is 455 g/mol. The predicted octanol–water partition coefficient (Wildman–Crippen LogP) is 5.71. The maximum Gasteiger partial charge on any atom is 0.141 e. The summed E-state index contributed by atoms with van der Waals surface area (Å²) >= 11 is 1.88. The van der Waals surface area contributed by atoms with E-state index in [-0.39, 0.29) is 0 Å². The lowest BCUT2D eigenvalue weighted by atomic mass is 9.90. The number of thiophene rings is 1. The van der Waals surface area contributed by atoms with Crippen molar-refractivity contribution in [1.29, 1.82) is 0 Å². The summed E-state index contributed by atoms with van der Waals surface area (Å²) in [6.07, 6.45) is 6.53. The Morgan fingerprint density at radius 3 is 2.33 bits per heavy atom. The van der Waals surface area contributed by atoms with Crippen molar-refractivity contribution in [3.8, 4) is 0 Å². The molecule has 4 heterocycles. The number of benzene rings is 2. The first kappa shape index (κ1) is 20.8. The number of piperidine rings is 1. The minimum absolute atomic E-state index is 0.768. The van der Waals surface area contributed by atoms with Crippen molar-refractivity contribution in [2.24, 2.45) is 5.92 Å². The van der Waals surface area contributed by atoms with Crippen LogP contribution in [0.5, 0.6) is 0 Å². The molecule has 0 radical (unpaired) electrons. The van der Waals surface area contributed by atoms with Gasteiger partial charge >= 0.3 is 0 Å². The molecule has 0 aliphatic carbocycles. The van der Waals surface area contributed by atoms with E-state index in [1.165, 1.54) is 52.0 Å². The van der Waals surface area contributed by atoms with Gasteiger partial charge < -0.3 is 4.90 Å². The van der Waals surface area contributed by atoms with E-state index in [1.807, 2.05) is 11.3 Å². The van der Waals surface area contributed by atoms with Crippen molar-refractivity contribution >= 4 is 27.4 Å². The van der Waals surface area contributed by atoms with E-state index in [2.05, 4.69) is 75.4 Å². The molecule has 0 spiro atoms. The maximum absolute atomic E-state index is 4.81. The highest BCUT2D eigenvalue weighted by Gasteiger charge is 2.27. The third-order valence-electron chi connectivity index (χ3n) is 7.23. The SMILES string of the molecule is c1ccc(CC2CCN(c3ncnc4sc5c(c34)CCN(Cc3ccccc3)C5)CC2)cc1. The highest BCUT2D eigenvalue weighted by Crippen LogP contribution is 2.39. The van der Waals surface area contributed by atoms with Crippen LogP contribution < -0.4 is 4.90 Å². The first-order valence-corrected chi connectivity index (χ1v) is 13.0. The minimum Gasteiger partial charge on any atom is -0.356 e. The van der Waals surface area contributed by atoms with Crippen molar-refractivity contribution < 1.29 is 0 Å². The summed E-state index contributed by atoms with van der Waals surface area (Å²) < 4.78 is 0. The topological polar surface area (TPSA) is 32.3 Å². The molecule has 33 heavy (non-hydrogen) atoms. The summed E-state index contributed by atoms with van der Waals surface area (Å²) in [7, 11) is 0. The summed E-state index contributed by atoms with van der Waals surface area (Å²) in [5, 5.41) is 1.33. The first-order valence-electron chi connectivity index (χ1n) is 12.1. The fourth-order valence-corrected chi connectivity index (χ4v) is 6.70. The number of hydrogen-bond donors (Lipinski definition) is 0. The Morgan fingerprint density at radius 1 is 0.848 bits per heavy atom. The summed E-state index contributed by atoms with van der Waals surface area (Å²) in [6.45, 7) is 5.32. The summed E-state index contributed by atoms with van der Waals surface area (Å²) in [5.74, 6) is 1.94. The fourth-order valence-electron chi connectivity index (χ4n) is 5.48. The zero-order valence-electron chi connectivity index (χ0n) is 19.0. The molecule has 0 N–H and O–H groups in total. The van der Waals surface area contributed by atoms with E-state index in [1.54, 1.807) is 6.33 Å². The third kappa shape index (κ3) is 4.40. The highest BCUT2D eigenvalue weighted by atomic mass is 32.1. The lowest BCUT2D eigenvalue weighted by Gasteiger charge is -2.33. The van der Waals surface area contributed by atoms with Crippen LogP contribution in [0.1, 0.15) is 34.4 Å². The molecule has 2 aromatic carbocycles. The molecule has 0 saturated carbocycles. The van der Waals surface area contributed by atoms with Gasteiger partial charge in [-0.2, -0.15) is 0 Å². The second kappa shape index (κ2) is 9.24. The Balaban J connectivity index is 1.18. The zero-order chi connectivity index (χ0) is 22.0. The van der Waals surface area contributed by atoms with Gasteiger partial charge in [0, 0.05) is 37.6 Å². The molecular formula is C28H30N4S. The molecule has 4 aromatic rings. The van der Waals surface area contributed by atoms with E-state index in [0.29, 0.717) is 0 Å². The molecule has 2 aliphatic rings. The maximum atomic E-state index is 4.81. The van der Waals surface area contributed by atoms with Gasteiger partial charge in [-0.3, -0.25) is 4.90 Å². The standard InChI is InChI=1S/C28H30N4S/c1-3-7-21(8-4-1)17-22-11-15-32(16-12-22)27-26-24-13-14-31(18-23-9-5-2-6-10-23)19-25(24)33-28(26)30-20-29-27/h1-10,20,22H,11-19H2. The normalized spacial score (nSPS) is 17.4. The lowest BCUT2D eigenvalue weighted by molar-refractivity contribution is 0.249. The van der Waals surface area contributed by atoms with Gasteiger partial charge in [0.25, 0.3) is 0 Å². The molecule has 168 valence electrons. The molecule has 6 rings (SSSR count). The second-order valence-electron chi connectivity index (χ2n) is 9.45. The molecule has 1 fully saturated rings. The summed E-state index contributed by atoms with van der Waals surface area (Å²) in [5.41, 5.74) is 4.36. The number of nitrogens with zero attached hydrogens (tertiary/aromatic N) is 4. The van der Waals surface area contributed by atoms with Gasteiger partial charge in [-0.1, -0.05) is 60.7 Å². The summed E-state index contributed by atoms with van der Waals surface area (Å²) in [4.78, 5) is 17.2. The van der Waals surface area contributed by atoms with Gasteiger partial charge in [0.1, 0.15) is 17.0 Å². The van der Waals surface area contributed by atoms with Crippen LogP contribution >= 0.6 is 11.3 Å². The van der Waals surface area contributed by atoms with Crippen molar-refractivity contribution in [2.45, 2.75) is 38.8 Å². The Morgan fingerprint density at radius 2 is 1.58 bits per heavy atom. The number of anilines is 1. The first-order chi connectivity index (χ1) is 16.3. The Labute approximate surface area is 199 Å². The van der Waals surface area contributed by atoms with Crippen LogP contribution in [0, 0.1) is 5.92 Å². The lowest BCUT2D eigenvalue weighted by Crippen LogP contribution is -2.35. The number of aromatic nitrogens is 2. The van der Waals surface area contributed by atoms with Gasteiger partial charge in [-0.15, -0.1) is 11.3 Å². The number of fused-ring (bicyclic) bond motifs is 3. The van der Waals surface area contributed by atoms with Gasteiger partial charge in [-0.05, 0) is 48.3 Å². The molecule has 2 aromatic heterocycles.